The van der Waals surface area contributed by atoms with Crippen molar-refractivity contribution in [3.05, 3.63) is 0 Å². The summed E-state index contributed by atoms with van der Waals surface area (Å²) in [5, 5.41) is 30.5. The zero-order valence-electron chi connectivity index (χ0n) is 9.91. The summed E-state index contributed by atoms with van der Waals surface area (Å²) < 4.78 is 20.0. The fraction of sp³-hybridized carbons (Fsp3) is 0.875. The molecule has 11 heteroatoms. The first kappa shape index (κ1) is 16.5. The van der Waals surface area contributed by atoms with Gasteiger partial charge in [0, 0.05) is 6.92 Å². The summed E-state index contributed by atoms with van der Waals surface area (Å²) in [6.07, 6.45) is -6.17. The van der Waals surface area contributed by atoms with Crippen LogP contribution >= 0.6 is 7.82 Å². The smallest absolute Gasteiger partial charge is 0.394 e. The lowest BCUT2D eigenvalue weighted by Gasteiger charge is -2.41. The Balaban J connectivity index is 2.92. The van der Waals surface area contributed by atoms with Gasteiger partial charge in [-0.15, -0.1) is 0 Å². The van der Waals surface area contributed by atoms with E-state index in [1.165, 1.54) is 0 Å². The van der Waals surface area contributed by atoms with Gasteiger partial charge in [0.05, 0.1) is 6.61 Å². The van der Waals surface area contributed by atoms with Crippen molar-refractivity contribution >= 4 is 13.7 Å². The van der Waals surface area contributed by atoms with E-state index in [9.17, 15) is 19.6 Å². The van der Waals surface area contributed by atoms with E-state index < -0.39 is 51.0 Å². The number of rotatable bonds is 4. The molecule has 1 saturated heterocycles. The monoisotopic (exact) mass is 301 g/mol. The van der Waals surface area contributed by atoms with Crippen molar-refractivity contribution < 1.29 is 43.7 Å². The van der Waals surface area contributed by atoms with Crippen LogP contribution < -0.4 is 5.32 Å². The van der Waals surface area contributed by atoms with Gasteiger partial charge in [0.1, 0.15) is 24.4 Å². The molecule has 112 valence electrons. The van der Waals surface area contributed by atoms with Gasteiger partial charge in [-0.25, -0.2) is 4.57 Å². The molecule has 5 atom stereocenters. The summed E-state index contributed by atoms with van der Waals surface area (Å²) in [6, 6.07) is -1.39. The van der Waals surface area contributed by atoms with Crippen LogP contribution in [-0.4, -0.2) is 68.3 Å². The minimum Gasteiger partial charge on any atom is -0.394 e. The molecule has 0 aromatic heterocycles. The molecule has 0 aliphatic carbocycles. The number of aliphatic hydroxyl groups excluding tert-OH is 3. The predicted molar refractivity (Wildman–Crippen MR) is 58.5 cm³/mol. The molecule has 19 heavy (non-hydrogen) atoms. The Hall–Kier alpha value is -0.580. The van der Waals surface area contributed by atoms with Crippen LogP contribution in [0.3, 0.4) is 0 Å². The van der Waals surface area contributed by atoms with E-state index in [1.54, 1.807) is 0 Å². The molecule has 0 bridgehead atoms. The van der Waals surface area contributed by atoms with E-state index >= 15 is 0 Å². The Morgan fingerprint density at radius 1 is 1.37 bits per heavy atom. The number of nitrogens with one attached hydrogen (secondary N) is 1. The maximum atomic E-state index is 11.0. The van der Waals surface area contributed by atoms with Crippen LogP contribution in [0, 0.1) is 0 Å². The second kappa shape index (κ2) is 6.25. The molecule has 1 fully saturated rings. The quantitative estimate of drug-likeness (QED) is 0.297. The molecule has 0 radical (unpaired) electrons. The van der Waals surface area contributed by atoms with Gasteiger partial charge in [-0.2, -0.15) is 0 Å². The van der Waals surface area contributed by atoms with Crippen LogP contribution in [0.2, 0.25) is 0 Å². The van der Waals surface area contributed by atoms with E-state index in [0.717, 1.165) is 6.92 Å². The molecule has 0 spiro atoms. The number of phosphoric acid groups is 1. The minimum absolute atomic E-state index is 0.624. The standard InChI is InChI=1S/C8H16NO9P/c1-3(11)9-5-7(13)6(12)4(2-10)17-8(5)18-19(14,15)16/h4-8,10,12-13H,2H2,1H3,(H,9,11)(H2,14,15,16)/t4-,5+,6-,7-,8?/m1/s1. The molecule has 6 N–H and O–H groups in total. The molecule has 0 aromatic rings. The van der Waals surface area contributed by atoms with E-state index in [4.69, 9.17) is 19.6 Å². The third-order valence-electron chi connectivity index (χ3n) is 2.49. The number of carbonyl (C=O) groups is 1. The lowest BCUT2D eigenvalue weighted by atomic mass is 9.97. The second-order valence-corrected chi connectivity index (χ2v) is 5.22. The Labute approximate surface area is 108 Å². The molecule has 0 aromatic carbocycles. The molecule has 1 aliphatic heterocycles. The summed E-state index contributed by atoms with van der Waals surface area (Å²) in [7, 11) is -4.95. The normalized spacial score (nSPS) is 36.0. The zero-order valence-corrected chi connectivity index (χ0v) is 10.8. The number of hydrogen-bond donors (Lipinski definition) is 6. The van der Waals surface area contributed by atoms with Gasteiger partial charge in [-0.3, -0.25) is 9.32 Å². The molecule has 0 saturated carbocycles. The number of phosphoric ester groups is 1. The van der Waals surface area contributed by atoms with Crippen molar-refractivity contribution in [3.8, 4) is 0 Å². The van der Waals surface area contributed by atoms with Crippen molar-refractivity contribution in [2.24, 2.45) is 0 Å². The number of hydrogen-bond acceptors (Lipinski definition) is 7. The molecule has 10 nitrogen and oxygen atoms in total. The summed E-state index contributed by atoms with van der Waals surface area (Å²) in [4.78, 5) is 28.4. The van der Waals surface area contributed by atoms with Gasteiger partial charge < -0.3 is 35.2 Å². The van der Waals surface area contributed by atoms with Crippen LogP contribution in [-0.2, 0) is 18.6 Å². The predicted octanol–water partition coefficient (Wildman–Crippen LogP) is -2.96. The van der Waals surface area contributed by atoms with Gasteiger partial charge in [0.25, 0.3) is 0 Å². The Bertz CT molecular complexity index is 371. The Morgan fingerprint density at radius 2 is 1.95 bits per heavy atom. The number of amides is 1. The highest BCUT2D eigenvalue weighted by atomic mass is 31.2. The second-order valence-electron chi connectivity index (χ2n) is 4.03. The first-order valence-electron chi connectivity index (χ1n) is 5.29. The highest BCUT2D eigenvalue weighted by molar-refractivity contribution is 7.46. The number of aliphatic hydroxyl groups is 3. The topological polar surface area (TPSA) is 166 Å². The minimum atomic E-state index is -4.95. The van der Waals surface area contributed by atoms with Crippen molar-refractivity contribution in [3.63, 3.8) is 0 Å². The van der Waals surface area contributed by atoms with Crippen LogP contribution in [0.5, 0.6) is 0 Å². The maximum Gasteiger partial charge on any atom is 0.472 e. The van der Waals surface area contributed by atoms with Crippen LogP contribution in [0.4, 0.5) is 0 Å². The fourth-order valence-electron chi connectivity index (χ4n) is 1.70. The molecule has 1 amide bonds. The molecule has 1 unspecified atom stereocenters. The van der Waals surface area contributed by atoms with Crippen molar-refractivity contribution in [2.75, 3.05) is 6.61 Å². The lowest BCUT2D eigenvalue weighted by molar-refractivity contribution is -0.248. The molecular formula is C8H16NO9P. The van der Waals surface area contributed by atoms with Gasteiger partial charge in [-0.05, 0) is 0 Å². The highest BCUT2D eigenvalue weighted by Crippen LogP contribution is 2.40. The van der Waals surface area contributed by atoms with Gasteiger partial charge in [0.15, 0.2) is 6.29 Å². The SMILES string of the molecule is CC(=O)N[C@@H]1C(OP(=O)(O)O)O[C@H](CO)[C@@H](O)[C@@H]1O. The van der Waals surface area contributed by atoms with E-state index in [-0.39, 0.29) is 0 Å². The van der Waals surface area contributed by atoms with Crippen molar-refractivity contribution in [1.82, 2.24) is 5.32 Å². The van der Waals surface area contributed by atoms with Gasteiger partial charge in [0.2, 0.25) is 5.91 Å². The first-order chi connectivity index (χ1) is 8.65. The first-order valence-corrected chi connectivity index (χ1v) is 6.82. The van der Waals surface area contributed by atoms with Crippen molar-refractivity contribution in [2.45, 2.75) is 37.6 Å². The third kappa shape index (κ3) is 4.48. The van der Waals surface area contributed by atoms with E-state index in [1.807, 2.05) is 0 Å². The average molecular weight is 301 g/mol. The summed E-state index contributed by atoms with van der Waals surface area (Å²) in [5.74, 6) is -0.624. The molecular weight excluding hydrogens is 285 g/mol. The average Bonchev–Trinajstić information content (AvgIpc) is 2.26. The van der Waals surface area contributed by atoms with E-state index in [0.29, 0.717) is 0 Å². The fourth-order valence-corrected chi connectivity index (χ4v) is 2.15. The molecule has 1 heterocycles. The molecule has 1 rings (SSSR count). The van der Waals surface area contributed by atoms with Gasteiger partial charge in [-0.1, -0.05) is 0 Å². The Morgan fingerprint density at radius 3 is 2.37 bits per heavy atom. The Kier molecular flexibility index (Phi) is 5.42. The zero-order chi connectivity index (χ0) is 14.8. The van der Waals surface area contributed by atoms with Crippen LogP contribution in [0.25, 0.3) is 0 Å². The number of carbonyl (C=O) groups excluding carboxylic acids is 1. The summed E-state index contributed by atoms with van der Waals surface area (Å²) >= 11 is 0. The maximum absolute atomic E-state index is 11.0. The summed E-state index contributed by atoms with van der Waals surface area (Å²) in [6.45, 7) is 0.401. The molecule has 1 aliphatic rings. The third-order valence-corrected chi connectivity index (χ3v) is 2.97. The van der Waals surface area contributed by atoms with E-state index in [2.05, 4.69) is 9.84 Å². The van der Waals surface area contributed by atoms with Crippen molar-refractivity contribution in [1.29, 1.82) is 0 Å². The summed E-state index contributed by atoms with van der Waals surface area (Å²) in [5.41, 5.74) is 0. The largest absolute Gasteiger partial charge is 0.472 e. The lowest BCUT2D eigenvalue weighted by Crippen LogP contribution is -2.64. The van der Waals surface area contributed by atoms with Crippen LogP contribution in [0.15, 0.2) is 0 Å². The number of ether oxygens (including phenoxy) is 1. The highest BCUT2D eigenvalue weighted by Gasteiger charge is 2.47. The van der Waals surface area contributed by atoms with Crippen LogP contribution in [0.1, 0.15) is 6.92 Å². The van der Waals surface area contributed by atoms with Gasteiger partial charge >= 0.3 is 7.82 Å².